The summed E-state index contributed by atoms with van der Waals surface area (Å²) in [6.07, 6.45) is -0.450. The predicted molar refractivity (Wildman–Crippen MR) is 130 cm³/mol. The van der Waals surface area contributed by atoms with Crippen LogP contribution in [-0.4, -0.2) is 33.6 Å². The second kappa shape index (κ2) is 9.15. The first-order valence-electron chi connectivity index (χ1n) is 10.9. The molecule has 3 aromatic rings. The van der Waals surface area contributed by atoms with E-state index in [-0.39, 0.29) is 5.04 Å². The van der Waals surface area contributed by atoms with E-state index in [1.807, 2.05) is 38.1 Å². The number of hydrogen-bond donors (Lipinski definition) is 0. The molecule has 0 aliphatic carbocycles. The molecule has 3 rings (SSSR count). The van der Waals surface area contributed by atoms with Crippen LogP contribution in [0.4, 0.5) is 0 Å². The molecule has 5 nitrogen and oxygen atoms in total. The topological polar surface area (TPSA) is 49.8 Å². The van der Waals surface area contributed by atoms with E-state index in [2.05, 4.69) is 46.0 Å². The zero-order valence-electron chi connectivity index (χ0n) is 20.0. The van der Waals surface area contributed by atoms with Crippen LogP contribution >= 0.6 is 0 Å². The molecule has 0 aliphatic heterocycles. The summed E-state index contributed by atoms with van der Waals surface area (Å²) in [4.78, 5) is 4.94. The molecular weight excluding hydrogens is 406 g/mol. The van der Waals surface area contributed by atoms with Gasteiger partial charge in [0.25, 0.3) is 8.32 Å². The standard InChI is InChI=1S/C25H35NO4Si/c1-9-28-24(29-10-2)18-15-22-20(23(16-18)30-31(7,8)25(3,4)5)14-17-13-19(27-6)11-12-21(17)26-22/h11-16,24H,9-10H2,1-8H3. The van der Waals surface area contributed by atoms with Crippen LogP contribution < -0.4 is 9.16 Å². The SMILES string of the molecule is CCOC(OCC)c1cc(O[Si](C)(C)C(C)(C)C)c2cc3cc(OC)ccc3nc2c1. The molecule has 0 radical (unpaired) electrons. The van der Waals surface area contributed by atoms with Gasteiger partial charge in [0, 0.05) is 29.5 Å². The summed E-state index contributed by atoms with van der Waals surface area (Å²) in [5.41, 5.74) is 2.70. The van der Waals surface area contributed by atoms with Crippen molar-refractivity contribution in [3.8, 4) is 11.5 Å². The molecule has 31 heavy (non-hydrogen) atoms. The van der Waals surface area contributed by atoms with Crippen LogP contribution in [0.1, 0.15) is 46.5 Å². The fourth-order valence-corrected chi connectivity index (χ4v) is 4.25. The lowest BCUT2D eigenvalue weighted by molar-refractivity contribution is -0.140. The van der Waals surface area contributed by atoms with Gasteiger partial charge in [-0.15, -0.1) is 0 Å². The van der Waals surface area contributed by atoms with Crippen molar-refractivity contribution in [2.75, 3.05) is 20.3 Å². The van der Waals surface area contributed by atoms with Crippen LogP contribution in [0.3, 0.4) is 0 Å². The molecule has 0 saturated heterocycles. The molecule has 0 spiro atoms. The van der Waals surface area contributed by atoms with Crippen LogP contribution in [0.5, 0.6) is 11.5 Å². The highest BCUT2D eigenvalue weighted by molar-refractivity contribution is 6.74. The summed E-state index contributed by atoms with van der Waals surface area (Å²) in [7, 11) is -0.401. The molecule has 0 amide bonds. The Bertz CT molecular complexity index is 1050. The molecule has 0 unspecified atom stereocenters. The average Bonchev–Trinajstić information content (AvgIpc) is 2.70. The molecule has 0 N–H and O–H groups in total. The van der Waals surface area contributed by atoms with Gasteiger partial charge < -0.3 is 18.6 Å². The van der Waals surface area contributed by atoms with E-state index in [0.717, 1.165) is 38.9 Å². The number of aromatic nitrogens is 1. The highest BCUT2D eigenvalue weighted by atomic mass is 28.4. The monoisotopic (exact) mass is 441 g/mol. The largest absolute Gasteiger partial charge is 0.543 e. The first-order chi connectivity index (χ1) is 14.6. The van der Waals surface area contributed by atoms with E-state index in [0.29, 0.717) is 13.2 Å². The highest BCUT2D eigenvalue weighted by Crippen LogP contribution is 2.41. The van der Waals surface area contributed by atoms with Gasteiger partial charge >= 0.3 is 0 Å². The summed E-state index contributed by atoms with van der Waals surface area (Å²) < 4.78 is 24.0. The second-order valence-corrected chi connectivity index (χ2v) is 14.0. The van der Waals surface area contributed by atoms with E-state index >= 15 is 0 Å². The minimum Gasteiger partial charge on any atom is -0.543 e. The Balaban J connectivity index is 2.25. The quantitative estimate of drug-likeness (QED) is 0.217. The van der Waals surface area contributed by atoms with Crippen molar-refractivity contribution in [3.63, 3.8) is 0 Å². The average molecular weight is 442 g/mol. The highest BCUT2D eigenvalue weighted by Gasteiger charge is 2.39. The fraction of sp³-hybridized carbons (Fsp3) is 0.480. The number of ether oxygens (including phenoxy) is 3. The van der Waals surface area contributed by atoms with Crippen molar-refractivity contribution >= 4 is 30.1 Å². The van der Waals surface area contributed by atoms with Gasteiger partial charge in [0.15, 0.2) is 6.29 Å². The third-order valence-corrected chi connectivity index (χ3v) is 10.3. The molecule has 0 atom stereocenters. The third-order valence-electron chi connectivity index (χ3n) is 6.00. The number of rotatable bonds is 8. The van der Waals surface area contributed by atoms with Crippen LogP contribution in [-0.2, 0) is 9.47 Å². The normalized spacial score (nSPS) is 12.7. The van der Waals surface area contributed by atoms with Gasteiger partial charge in [0.1, 0.15) is 11.5 Å². The van der Waals surface area contributed by atoms with Gasteiger partial charge in [-0.2, -0.15) is 0 Å². The van der Waals surface area contributed by atoms with Gasteiger partial charge in [-0.1, -0.05) is 20.8 Å². The summed E-state index contributed by atoms with van der Waals surface area (Å²) >= 11 is 0. The van der Waals surface area contributed by atoms with Crippen molar-refractivity contribution in [3.05, 3.63) is 42.0 Å². The Kier molecular flexibility index (Phi) is 6.94. The van der Waals surface area contributed by atoms with E-state index in [4.69, 9.17) is 23.6 Å². The molecule has 0 saturated carbocycles. The van der Waals surface area contributed by atoms with Crippen LogP contribution in [0.2, 0.25) is 18.1 Å². The zero-order chi connectivity index (χ0) is 22.8. The van der Waals surface area contributed by atoms with Gasteiger partial charge in [-0.3, -0.25) is 0 Å². The van der Waals surface area contributed by atoms with Crippen molar-refractivity contribution in [1.29, 1.82) is 0 Å². The lowest BCUT2D eigenvalue weighted by Gasteiger charge is -2.37. The first-order valence-corrected chi connectivity index (χ1v) is 13.8. The Morgan fingerprint density at radius 1 is 0.935 bits per heavy atom. The molecule has 0 bridgehead atoms. The molecule has 2 aromatic carbocycles. The number of benzene rings is 2. The molecule has 1 heterocycles. The molecule has 0 fully saturated rings. The van der Waals surface area contributed by atoms with Crippen molar-refractivity contribution in [1.82, 2.24) is 4.98 Å². The lowest BCUT2D eigenvalue weighted by atomic mass is 10.1. The predicted octanol–water partition coefficient (Wildman–Crippen LogP) is 6.85. The second-order valence-electron chi connectivity index (χ2n) is 9.24. The van der Waals surface area contributed by atoms with E-state index in [1.54, 1.807) is 7.11 Å². The zero-order valence-corrected chi connectivity index (χ0v) is 21.0. The maximum absolute atomic E-state index is 6.79. The molecular formula is C25H35NO4Si. The number of fused-ring (bicyclic) bond motifs is 2. The van der Waals surface area contributed by atoms with Crippen LogP contribution in [0.25, 0.3) is 21.8 Å². The Labute approximate surface area is 186 Å². The summed E-state index contributed by atoms with van der Waals surface area (Å²) in [6, 6.07) is 12.2. The number of methoxy groups -OCH3 is 1. The molecule has 168 valence electrons. The first kappa shape index (κ1) is 23.5. The number of hydrogen-bond acceptors (Lipinski definition) is 5. The van der Waals surface area contributed by atoms with Crippen LogP contribution in [0.15, 0.2) is 36.4 Å². The summed E-state index contributed by atoms with van der Waals surface area (Å²) in [5.74, 6) is 1.64. The van der Waals surface area contributed by atoms with Gasteiger partial charge in [0.2, 0.25) is 0 Å². The van der Waals surface area contributed by atoms with Gasteiger partial charge in [0.05, 0.1) is 18.1 Å². The Morgan fingerprint density at radius 3 is 2.19 bits per heavy atom. The lowest BCUT2D eigenvalue weighted by Crippen LogP contribution is -2.43. The van der Waals surface area contributed by atoms with E-state index in [1.165, 1.54) is 0 Å². The molecule has 1 aromatic heterocycles. The van der Waals surface area contributed by atoms with Gasteiger partial charge in [-0.25, -0.2) is 4.98 Å². The Morgan fingerprint density at radius 2 is 1.61 bits per heavy atom. The van der Waals surface area contributed by atoms with Crippen molar-refractivity contribution < 1.29 is 18.6 Å². The summed E-state index contributed by atoms with van der Waals surface area (Å²) in [6.45, 7) is 16.3. The maximum Gasteiger partial charge on any atom is 0.250 e. The van der Waals surface area contributed by atoms with E-state index < -0.39 is 14.6 Å². The van der Waals surface area contributed by atoms with Crippen LogP contribution in [0, 0.1) is 0 Å². The minimum atomic E-state index is -2.08. The summed E-state index contributed by atoms with van der Waals surface area (Å²) in [5, 5.41) is 2.08. The molecule has 0 aliphatic rings. The molecule has 6 heteroatoms. The fourth-order valence-electron chi connectivity index (χ4n) is 3.22. The maximum atomic E-state index is 6.79. The number of nitrogens with zero attached hydrogens (tertiary/aromatic N) is 1. The Hall–Kier alpha value is -2.15. The minimum absolute atomic E-state index is 0.0715. The third kappa shape index (κ3) is 5.02. The van der Waals surface area contributed by atoms with Crippen molar-refractivity contribution in [2.45, 2.75) is 59.0 Å². The number of pyridine rings is 1. The van der Waals surface area contributed by atoms with Crippen molar-refractivity contribution in [2.24, 2.45) is 0 Å². The van der Waals surface area contributed by atoms with Gasteiger partial charge in [-0.05, 0) is 68.4 Å². The smallest absolute Gasteiger partial charge is 0.250 e. The van der Waals surface area contributed by atoms with E-state index in [9.17, 15) is 0 Å².